The van der Waals surface area contributed by atoms with E-state index in [0.29, 0.717) is 17.4 Å². The van der Waals surface area contributed by atoms with Gasteiger partial charge in [0.1, 0.15) is 17.1 Å². The number of piperidine rings is 1. The number of hydrogen-bond donors (Lipinski definition) is 4. The van der Waals surface area contributed by atoms with Crippen LogP contribution in [0.4, 0.5) is 8.78 Å². The summed E-state index contributed by atoms with van der Waals surface area (Å²) in [6, 6.07) is 6.86. The number of nitrogens with zero attached hydrogens (tertiary/aromatic N) is 4. The molecule has 2 aliphatic heterocycles. The van der Waals surface area contributed by atoms with E-state index in [1.807, 2.05) is 4.90 Å². The van der Waals surface area contributed by atoms with Crippen molar-refractivity contribution in [1.82, 2.24) is 35.6 Å². The quantitative estimate of drug-likeness (QED) is 0.420. The second kappa shape index (κ2) is 10.7. The molecule has 12 heteroatoms. The zero-order valence-electron chi connectivity index (χ0n) is 19.3. The van der Waals surface area contributed by atoms with Crippen LogP contribution in [-0.2, 0) is 4.79 Å². The first-order chi connectivity index (χ1) is 16.8. The summed E-state index contributed by atoms with van der Waals surface area (Å²) in [4.78, 5) is 32.6. The Kier molecular flexibility index (Phi) is 7.49. The number of rotatable bonds is 8. The summed E-state index contributed by atoms with van der Waals surface area (Å²) < 4.78 is 26.6. The highest BCUT2D eigenvalue weighted by atomic mass is 19.3. The third-order valence-electron chi connectivity index (χ3n) is 6.30. The number of carbonyl (C=O) groups excluding carboxylic acids is 2. The molecule has 0 aromatic carbocycles. The fourth-order valence-electron chi connectivity index (χ4n) is 4.26. The molecule has 4 heterocycles. The maximum Gasteiger partial charge on any atom is 0.281 e. The number of likely N-dealkylation sites (tertiary alicyclic amines) is 2. The van der Waals surface area contributed by atoms with Gasteiger partial charge < -0.3 is 15.5 Å². The molecule has 0 unspecified atom stereocenters. The number of allylic oxidation sites excluding steroid dienone is 1. The highest BCUT2D eigenvalue weighted by Crippen LogP contribution is 2.22. The lowest BCUT2D eigenvalue weighted by molar-refractivity contribution is -0.130. The second-order valence-electron chi connectivity index (χ2n) is 8.65. The molecule has 0 aliphatic carbocycles. The fraction of sp³-hybridized carbons (Fsp3) is 0.435. The van der Waals surface area contributed by atoms with Gasteiger partial charge in [-0.2, -0.15) is 5.10 Å². The predicted molar refractivity (Wildman–Crippen MR) is 125 cm³/mol. The van der Waals surface area contributed by atoms with Crippen LogP contribution in [0.1, 0.15) is 30.3 Å². The zero-order valence-corrected chi connectivity index (χ0v) is 19.3. The van der Waals surface area contributed by atoms with Crippen LogP contribution in [0.3, 0.4) is 0 Å². The lowest BCUT2D eigenvalue weighted by Crippen LogP contribution is -2.62. The fourth-order valence-corrected chi connectivity index (χ4v) is 4.26. The van der Waals surface area contributed by atoms with Crippen LogP contribution in [0.15, 0.2) is 42.4 Å². The Bertz CT molecular complexity index is 1090. The van der Waals surface area contributed by atoms with Crippen molar-refractivity contribution in [2.75, 3.05) is 26.2 Å². The summed E-state index contributed by atoms with van der Waals surface area (Å²) in [6.07, 6.45) is 1.66. The Morgan fingerprint density at radius 2 is 1.94 bits per heavy atom. The van der Waals surface area contributed by atoms with E-state index < -0.39 is 18.0 Å². The summed E-state index contributed by atoms with van der Waals surface area (Å²) in [5, 5.41) is 19.9. The average molecular weight is 487 g/mol. The molecule has 186 valence electrons. The molecule has 4 rings (SSSR count). The van der Waals surface area contributed by atoms with E-state index in [0.717, 1.165) is 39.0 Å². The van der Waals surface area contributed by atoms with E-state index in [-0.39, 0.29) is 23.3 Å². The van der Waals surface area contributed by atoms with E-state index >= 15 is 0 Å². The number of nitrogens with one attached hydrogen (secondary N) is 4. The molecule has 2 amide bonds. The van der Waals surface area contributed by atoms with Gasteiger partial charge in [-0.3, -0.25) is 25.0 Å². The van der Waals surface area contributed by atoms with E-state index in [2.05, 4.69) is 30.7 Å². The average Bonchev–Trinajstić information content (AvgIpc) is 3.37. The highest BCUT2D eigenvalue weighted by molar-refractivity contribution is 6.05. The molecule has 0 radical (unpaired) electrons. The van der Waals surface area contributed by atoms with Gasteiger partial charge in [-0.15, -0.1) is 0 Å². The van der Waals surface area contributed by atoms with Gasteiger partial charge in [-0.25, -0.2) is 13.8 Å². The van der Waals surface area contributed by atoms with E-state index in [1.165, 1.54) is 12.3 Å². The first kappa shape index (κ1) is 24.5. The Balaban J connectivity index is 1.35. The molecule has 2 saturated heterocycles. The number of halogens is 2. The number of hydrogen-bond acceptors (Lipinski definition) is 7. The zero-order chi connectivity index (χ0) is 24.9. The molecule has 4 N–H and O–H groups in total. The van der Waals surface area contributed by atoms with Crippen molar-refractivity contribution in [1.29, 1.82) is 5.41 Å². The Hall–Kier alpha value is -3.67. The monoisotopic (exact) mass is 486 g/mol. The number of pyridine rings is 1. The largest absolute Gasteiger partial charge is 0.384 e. The van der Waals surface area contributed by atoms with E-state index in [9.17, 15) is 18.4 Å². The van der Waals surface area contributed by atoms with Gasteiger partial charge in [0, 0.05) is 51.5 Å². The number of amides is 2. The lowest BCUT2D eigenvalue weighted by atomic mass is 9.97. The highest BCUT2D eigenvalue weighted by Gasteiger charge is 2.34. The molecule has 2 fully saturated rings. The SMILES string of the molecule is CC(=O)N1CCC(N2CC(N/C=C(/NC(=O)c3cccc(-c4cc[nH]n4)n3)C(=N)C(F)F)C2)CC1. The molecular weight excluding hydrogens is 458 g/mol. The smallest absolute Gasteiger partial charge is 0.281 e. The van der Waals surface area contributed by atoms with Gasteiger partial charge in [-0.1, -0.05) is 6.07 Å². The van der Waals surface area contributed by atoms with Gasteiger partial charge in [0.2, 0.25) is 5.91 Å². The molecule has 0 bridgehead atoms. The van der Waals surface area contributed by atoms with E-state index in [4.69, 9.17) is 5.41 Å². The van der Waals surface area contributed by atoms with Crippen LogP contribution in [0.5, 0.6) is 0 Å². The minimum atomic E-state index is -3.05. The Labute approximate surface area is 201 Å². The van der Waals surface area contributed by atoms with Crippen LogP contribution in [0.25, 0.3) is 11.4 Å². The summed E-state index contributed by atoms with van der Waals surface area (Å²) in [6.45, 7) is 4.50. The second-order valence-corrected chi connectivity index (χ2v) is 8.65. The van der Waals surface area contributed by atoms with Crippen LogP contribution >= 0.6 is 0 Å². The van der Waals surface area contributed by atoms with Crippen molar-refractivity contribution in [3.05, 3.63) is 48.1 Å². The summed E-state index contributed by atoms with van der Waals surface area (Å²) in [5.74, 6) is -0.607. The third kappa shape index (κ3) is 5.88. The lowest BCUT2D eigenvalue weighted by Gasteiger charge is -2.47. The number of alkyl halides is 2. The number of aromatic amines is 1. The first-order valence-electron chi connectivity index (χ1n) is 11.4. The van der Waals surface area contributed by atoms with Crippen molar-refractivity contribution in [2.24, 2.45) is 0 Å². The number of carbonyl (C=O) groups is 2. The molecule has 10 nitrogen and oxygen atoms in total. The third-order valence-corrected chi connectivity index (χ3v) is 6.30. The summed E-state index contributed by atoms with van der Waals surface area (Å²) >= 11 is 0. The Morgan fingerprint density at radius 1 is 1.20 bits per heavy atom. The van der Waals surface area contributed by atoms with Gasteiger partial charge in [0.25, 0.3) is 12.3 Å². The van der Waals surface area contributed by atoms with Crippen molar-refractivity contribution in [3.63, 3.8) is 0 Å². The van der Waals surface area contributed by atoms with Gasteiger partial charge in [0.05, 0.1) is 17.4 Å². The molecule has 2 aromatic heterocycles. The van der Waals surface area contributed by atoms with Crippen molar-refractivity contribution >= 4 is 17.5 Å². The minimum Gasteiger partial charge on any atom is -0.384 e. The maximum atomic E-state index is 13.3. The topological polar surface area (TPSA) is 130 Å². The van der Waals surface area contributed by atoms with Gasteiger partial charge >= 0.3 is 0 Å². The van der Waals surface area contributed by atoms with Crippen LogP contribution in [0.2, 0.25) is 0 Å². The van der Waals surface area contributed by atoms with Crippen molar-refractivity contribution in [3.8, 4) is 11.4 Å². The van der Waals surface area contributed by atoms with Crippen LogP contribution in [-0.4, -0.2) is 87.2 Å². The van der Waals surface area contributed by atoms with Gasteiger partial charge in [-0.05, 0) is 31.0 Å². The normalized spacial score (nSPS) is 17.8. The summed E-state index contributed by atoms with van der Waals surface area (Å²) in [5.41, 5.74) is -0.272. The predicted octanol–water partition coefficient (Wildman–Crippen LogP) is 1.61. The van der Waals surface area contributed by atoms with Crippen molar-refractivity contribution in [2.45, 2.75) is 38.3 Å². The van der Waals surface area contributed by atoms with Crippen LogP contribution in [0, 0.1) is 5.41 Å². The molecule has 2 aromatic rings. The van der Waals surface area contributed by atoms with Crippen molar-refractivity contribution < 1.29 is 18.4 Å². The molecular formula is C23H28F2N8O2. The molecule has 35 heavy (non-hydrogen) atoms. The Morgan fingerprint density at radius 3 is 2.57 bits per heavy atom. The molecule has 2 aliphatic rings. The number of H-pyrrole nitrogens is 1. The first-order valence-corrected chi connectivity index (χ1v) is 11.4. The number of aromatic nitrogens is 3. The standard InChI is InChI=1S/C23H28F2N8O2/c1-14(34)32-9-6-16(7-10-32)33-12-15(13-33)27-11-20(21(26)22(24)25)30-23(35)19-4-2-3-17(29-19)18-5-8-28-31-18/h2-5,8,11,15-16,22,26-27H,6-7,9-10,12-13H2,1H3,(H,28,31)(H,30,35)/b20-11+,26-21?. The molecule has 0 saturated carbocycles. The minimum absolute atomic E-state index is 0.0133. The molecule has 0 atom stereocenters. The van der Waals surface area contributed by atoms with Gasteiger partial charge in [0.15, 0.2) is 0 Å². The summed E-state index contributed by atoms with van der Waals surface area (Å²) in [7, 11) is 0. The molecule has 0 spiro atoms. The van der Waals surface area contributed by atoms with E-state index in [1.54, 1.807) is 31.3 Å². The van der Waals surface area contributed by atoms with Crippen LogP contribution < -0.4 is 10.6 Å². The maximum absolute atomic E-state index is 13.3.